The summed E-state index contributed by atoms with van der Waals surface area (Å²) in [7, 11) is 0. The number of amides is 1. The van der Waals surface area contributed by atoms with Crippen LogP contribution in [0.25, 0.3) is 0 Å². The van der Waals surface area contributed by atoms with Gasteiger partial charge in [0.15, 0.2) is 6.10 Å². The summed E-state index contributed by atoms with van der Waals surface area (Å²) in [5.41, 5.74) is 0.275. The Morgan fingerprint density at radius 2 is 2.00 bits per heavy atom. The van der Waals surface area contributed by atoms with Gasteiger partial charge >= 0.3 is 6.18 Å². The number of aryl methyl sites for hydroxylation is 1. The van der Waals surface area contributed by atoms with Gasteiger partial charge in [0.2, 0.25) is 0 Å². The van der Waals surface area contributed by atoms with Crippen LogP contribution in [0, 0.1) is 6.92 Å². The van der Waals surface area contributed by atoms with Gasteiger partial charge in [0.05, 0.1) is 5.56 Å². The zero-order valence-corrected chi connectivity index (χ0v) is 16.0. The summed E-state index contributed by atoms with van der Waals surface area (Å²) in [5, 5.41) is 12.4. The molecule has 0 radical (unpaired) electrons. The van der Waals surface area contributed by atoms with Gasteiger partial charge in [-0.25, -0.2) is 0 Å². The molecule has 8 heteroatoms. The average molecular weight is 406 g/mol. The normalized spacial score (nSPS) is 16.4. The number of benzene rings is 2. The molecule has 0 bridgehead atoms. The van der Waals surface area contributed by atoms with Gasteiger partial charge in [-0.3, -0.25) is 9.79 Å². The van der Waals surface area contributed by atoms with Gasteiger partial charge in [-0.1, -0.05) is 25.5 Å². The number of ether oxygens (including phenoxy) is 1. The molecule has 29 heavy (non-hydrogen) atoms. The molecule has 0 aliphatic carbocycles. The quantitative estimate of drug-likeness (QED) is 0.677. The monoisotopic (exact) mass is 406 g/mol. The predicted molar refractivity (Wildman–Crippen MR) is 103 cm³/mol. The molecular weight excluding hydrogens is 385 g/mol. The number of hydrogen-bond acceptors (Lipinski definition) is 4. The third-order valence-corrected chi connectivity index (χ3v) is 4.55. The van der Waals surface area contributed by atoms with Crippen LogP contribution < -0.4 is 10.1 Å². The topological polar surface area (TPSA) is 70.9 Å². The molecule has 1 heterocycles. The van der Waals surface area contributed by atoms with Crippen molar-refractivity contribution in [3.8, 4) is 11.5 Å². The molecule has 5 nitrogen and oxygen atoms in total. The number of rotatable bonds is 7. The number of aromatic hydroxyl groups is 1. The molecule has 154 valence electrons. The van der Waals surface area contributed by atoms with Gasteiger partial charge < -0.3 is 15.2 Å². The molecule has 0 saturated carbocycles. The van der Waals surface area contributed by atoms with Crippen molar-refractivity contribution in [3.63, 3.8) is 0 Å². The van der Waals surface area contributed by atoms with Gasteiger partial charge in [0.25, 0.3) is 5.91 Å². The number of phenolic OH excluding ortho intramolecular Hbond substituents is 1. The van der Waals surface area contributed by atoms with Crippen molar-refractivity contribution in [2.45, 2.75) is 45.0 Å². The second-order valence-corrected chi connectivity index (χ2v) is 6.88. The third kappa shape index (κ3) is 5.07. The van der Waals surface area contributed by atoms with E-state index in [0.717, 1.165) is 6.07 Å². The molecule has 2 aromatic carbocycles. The SMILES string of the molecule is CCCC(Oc1ccc(C2C=N2)c(C(F)(F)F)c1)C(=O)Nc1ccc(C)c(O)c1. The minimum atomic E-state index is -4.55. The summed E-state index contributed by atoms with van der Waals surface area (Å²) < 4.78 is 45.8. The Morgan fingerprint density at radius 1 is 1.28 bits per heavy atom. The van der Waals surface area contributed by atoms with E-state index in [4.69, 9.17) is 4.74 Å². The van der Waals surface area contributed by atoms with E-state index in [9.17, 15) is 23.1 Å². The third-order valence-electron chi connectivity index (χ3n) is 4.55. The molecule has 2 unspecified atom stereocenters. The summed E-state index contributed by atoms with van der Waals surface area (Å²) in [6, 6.07) is 7.78. The molecule has 1 amide bonds. The summed E-state index contributed by atoms with van der Waals surface area (Å²) in [6.07, 6.45) is -3.18. The van der Waals surface area contributed by atoms with E-state index in [-0.39, 0.29) is 17.1 Å². The molecule has 0 saturated heterocycles. The number of carbonyl (C=O) groups excluding carboxylic acids is 1. The predicted octanol–water partition coefficient (Wildman–Crippen LogP) is 5.03. The van der Waals surface area contributed by atoms with Crippen LogP contribution in [0.4, 0.5) is 18.9 Å². The molecule has 0 spiro atoms. The molecule has 0 aromatic heterocycles. The Kier molecular flexibility index (Phi) is 5.81. The van der Waals surface area contributed by atoms with E-state index in [1.807, 2.05) is 6.92 Å². The summed E-state index contributed by atoms with van der Waals surface area (Å²) >= 11 is 0. The maximum absolute atomic E-state index is 13.4. The molecule has 1 aliphatic rings. The Labute approximate surface area is 166 Å². The van der Waals surface area contributed by atoms with Gasteiger partial charge in [0, 0.05) is 18.0 Å². The fourth-order valence-electron chi connectivity index (χ4n) is 2.90. The summed E-state index contributed by atoms with van der Waals surface area (Å²) in [4.78, 5) is 16.4. The Morgan fingerprint density at radius 3 is 2.59 bits per heavy atom. The van der Waals surface area contributed by atoms with Gasteiger partial charge in [-0.2, -0.15) is 13.2 Å². The maximum Gasteiger partial charge on any atom is 0.416 e. The lowest BCUT2D eigenvalue weighted by molar-refractivity contribution is -0.138. The molecule has 2 N–H and O–H groups in total. The largest absolute Gasteiger partial charge is 0.508 e. The number of alkyl halides is 3. The fourth-order valence-corrected chi connectivity index (χ4v) is 2.90. The highest BCUT2D eigenvalue weighted by molar-refractivity contribution is 5.94. The summed E-state index contributed by atoms with van der Waals surface area (Å²) in [5.74, 6) is -0.510. The van der Waals surface area contributed by atoms with E-state index in [1.165, 1.54) is 24.4 Å². The first-order chi connectivity index (χ1) is 13.7. The van der Waals surface area contributed by atoms with Crippen LogP contribution in [0.5, 0.6) is 11.5 Å². The van der Waals surface area contributed by atoms with Crippen molar-refractivity contribution in [1.29, 1.82) is 0 Å². The Bertz CT molecular complexity index is 935. The van der Waals surface area contributed by atoms with E-state index >= 15 is 0 Å². The second kappa shape index (κ2) is 8.14. The van der Waals surface area contributed by atoms with Gasteiger partial charge in [0.1, 0.15) is 17.5 Å². The molecule has 0 fully saturated rings. The number of carbonyl (C=O) groups is 1. The van der Waals surface area contributed by atoms with Crippen LogP contribution in [0.2, 0.25) is 0 Å². The van der Waals surface area contributed by atoms with Gasteiger partial charge in [-0.05, 0) is 42.7 Å². The van der Waals surface area contributed by atoms with E-state index in [1.54, 1.807) is 19.1 Å². The highest BCUT2D eigenvalue weighted by Gasteiger charge is 2.37. The number of nitrogens with one attached hydrogen (secondary N) is 1. The zero-order chi connectivity index (χ0) is 21.2. The highest BCUT2D eigenvalue weighted by atomic mass is 19.4. The molecule has 2 atom stereocenters. The van der Waals surface area contributed by atoms with Crippen LogP contribution in [0.15, 0.2) is 41.4 Å². The first-order valence-corrected chi connectivity index (χ1v) is 9.20. The van der Waals surface area contributed by atoms with Crippen LogP contribution in [0.3, 0.4) is 0 Å². The van der Waals surface area contributed by atoms with Crippen LogP contribution in [-0.2, 0) is 11.0 Å². The minimum absolute atomic E-state index is 0.0310. The highest BCUT2D eigenvalue weighted by Crippen LogP contribution is 2.40. The Hall–Kier alpha value is -3.03. The number of phenols is 1. The zero-order valence-electron chi connectivity index (χ0n) is 16.0. The molecule has 1 aliphatic heterocycles. The number of anilines is 1. The number of aliphatic imine (C=N–C) groups is 1. The van der Waals surface area contributed by atoms with Crippen molar-refractivity contribution >= 4 is 17.8 Å². The summed E-state index contributed by atoms with van der Waals surface area (Å²) in [6.45, 7) is 3.56. The number of hydrogen-bond donors (Lipinski definition) is 2. The fraction of sp³-hybridized carbons (Fsp3) is 0.333. The van der Waals surface area contributed by atoms with E-state index in [2.05, 4.69) is 10.3 Å². The van der Waals surface area contributed by atoms with Crippen LogP contribution in [-0.4, -0.2) is 23.3 Å². The number of halogens is 3. The van der Waals surface area contributed by atoms with Crippen molar-refractivity contribution in [2.75, 3.05) is 5.32 Å². The lowest BCUT2D eigenvalue weighted by Crippen LogP contribution is -2.33. The first kappa shape index (κ1) is 20.7. The van der Waals surface area contributed by atoms with Crippen LogP contribution in [0.1, 0.15) is 42.5 Å². The van der Waals surface area contributed by atoms with E-state index in [0.29, 0.717) is 24.1 Å². The maximum atomic E-state index is 13.4. The minimum Gasteiger partial charge on any atom is -0.508 e. The second-order valence-electron chi connectivity index (χ2n) is 6.88. The van der Waals surface area contributed by atoms with Crippen molar-refractivity contribution in [2.24, 2.45) is 4.99 Å². The van der Waals surface area contributed by atoms with Crippen molar-refractivity contribution < 1.29 is 27.8 Å². The smallest absolute Gasteiger partial charge is 0.416 e. The van der Waals surface area contributed by atoms with Gasteiger partial charge in [-0.15, -0.1) is 0 Å². The molecular formula is C21H21F3N2O3. The van der Waals surface area contributed by atoms with E-state index < -0.39 is 29.8 Å². The lowest BCUT2D eigenvalue weighted by Gasteiger charge is -2.20. The standard InChI is InChI=1S/C21H21F3N2O3/c1-3-4-19(20(28)26-13-6-5-12(2)18(27)9-13)29-14-7-8-15(17-11-25-17)16(10-14)21(22,23)24/h5-11,17,19,27H,3-4H2,1-2H3,(H,26,28). The van der Waals surface area contributed by atoms with Crippen molar-refractivity contribution in [1.82, 2.24) is 0 Å². The Balaban J connectivity index is 1.79. The number of nitrogens with zero attached hydrogens (tertiary/aromatic N) is 1. The molecule has 2 aromatic rings. The average Bonchev–Trinajstić information content (AvgIpc) is 3.49. The van der Waals surface area contributed by atoms with Crippen LogP contribution >= 0.6 is 0 Å². The lowest BCUT2D eigenvalue weighted by atomic mass is 10.0. The van der Waals surface area contributed by atoms with Crippen molar-refractivity contribution in [3.05, 3.63) is 53.1 Å². The first-order valence-electron chi connectivity index (χ1n) is 9.20. The molecule has 3 rings (SSSR count).